The first kappa shape index (κ1) is 24.8. The number of methoxy groups -OCH3 is 1. The number of hydrogen-bond donors (Lipinski definition) is 2. The van der Waals surface area contributed by atoms with Crippen LogP contribution >= 0.6 is 0 Å². The van der Waals surface area contributed by atoms with E-state index in [1.54, 1.807) is 29.7 Å². The average molecular weight is 530 g/mol. The van der Waals surface area contributed by atoms with Crippen molar-refractivity contribution >= 4 is 32.6 Å². The van der Waals surface area contributed by atoms with E-state index in [0.717, 1.165) is 71.4 Å². The van der Waals surface area contributed by atoms with Crippen LogP contribution < -0.4 is 15.4 Å². The fraction of sp³-hybridized carbons (Fsp3) is 0.310. The van der Waals surface area contributed by atoms with Gasteiger partial charge in [-0.25, -0.2) is 18.4 Å². The van der Waals surface area contributed by atoms with Crippen molar-refractivity contribution in [2.75, 3.05) is 32.1 Å². The van der Waals surface area contributed by atoms with Crippen molar-refractivity contribution < 1.29 is 13.2 Å². The highest BCUT2D eigenvalue weighted by Gasteiger charge is 2.27. The summed E-state index contributed by atoms with van der Waals surface area (Å²) in [5.74, 6) is 1.23. The van der Waals surface area contributed by atoms with Gasteiger partial charge < -0.3 is 15.4 Å². The molecule has 0 radical (unpaired) electrons. The normalized spacial score (nSPS) is 15.9. The van der Waals surface area contributed by atoms with Gasteiger partial charge in [-0.05, 0) is 90.9 Å². The lowest BCUT2D eigenvalue weighted by atomic mass is 9.99. The molecule has 9 heteroatoms. The lowest BCUT2D eigenvalue weighted by Crippen LogP contribution is -2.27. The molecule has 1 aromatic heterocycles. The molecular formula is C29H31N5O3S. The summed E-state index contributed by atoms with van der Waals surface area (Å²) in [5.41, 5.74) is 6.91. The molecule has 2 aliphatic rings. The van der Waals surface area contributed by atoms with Gasteiger partial charge in [0.2, 0.25) is 16.0 Å². The molecule has 38 heavy (non-hydrogen) atoms. The predicted molar refractivity (Wildman–Crippen MR) is 149 cm³/mol. The van der Waals surface area contributed by atoms with Crippen LogP contribution in [-0.2, 0) is 23.0 Å². The number of aryl methyl sites for hydroxylation is 1. The van der Waals surface area contributed by atoms with Gasteiger partial charge in [0.1, 0.15) is 5.75 Å². The van der Waals surface area contributed by atoms with Crippen LogP contribution in [0.2, 0.25) is 0 Å². The van der Waals surface area contributed by atoms with E-state index in [-0.39, 0.29) is 0 Å². The maximum absolute atomic E-state index is 13.2. The molecular weight excluding hydrogens is 498 g/mol. The Bertz CT molecular complexity index is 1630. The standard InChI is InChI=1S/C29H31N5O3S/c1-19-5-8-24(38(35,36)34-11-3-4-12-34)16-25(19)21-6-7-22-18-31-29(32-26(22)13-21)33-27-14-23-17-30-10-9-20(23)15-28(27)37-2/h5-8,13-16,18,30H,3-4,9-12,17H2,1-2H3,(H,31,32,33). The maximum Gasteiger partial charge on any atom is 0.243 e. The Morgan fingerprint density at radius 3 is 2.68 bits per heavy atom. The fourth-order valence-corrected chi connectivity index (χ4v) is 6.84. The molecule has 0 amide bonds. The number of ether oxygens (including phenoxy) is 1. The smallest absolute Gasteiger partial charge is 0.243 e. The Hall–Kier alpha value is -3.53. The number of nitrogens with zero attached hydrogens (tertiary/aromatic N) is 3. The topological polar surface area (TPSA) is 96.4 Å². The van der Waals surface area contributed by atoms with E-state index in [9.17, 15) is 8.42 Å². The second-order valence-electron chi connectivity index (χ2n) is 9.93. The third-order valence-corrected chi connectivity index (χ3v) is 9.35. The molecule has 3 aromatic carbocycles. The molecule has 6 rings (SSSR count). The van der Waals surface area contributed by atoms with Crippen molar-refractivity contribution in [3.63, 3.8) is 0 Å². The third kappa shape index (κ3) is 4.62. The summed E-state index contributed by atoms with van der Waals surface area (Å²) in [6.07, 6.45) is 4.59. The molecule has 8 nitrogen and oxygen atoms in total. The summed E-state index contributed by atoms with van der Waals surface area (Å²) in [5, 5.41) is 7.65. The van der Waals surface area contributed by atoms with Gasteiger partial charge in [-0.3, -0.25) is 0 Å². The highest BCUT2D eigenvalue weighted by molar-refractivity contribution is 7.89. The molecule has 196 valence electrons. The van der Waals surface area contributed by atoms with Crippen LogP contribution in [0.3, 0.4) is 0 Å². The van der Waals surface area contributed by atoms with Crippen LogP contribution in [0.4, 0.5) is 11.6 Å². The summed E-state index contributed by atoms with van der Waals surface area (Å²) in [7, 11) is -1.83. The first-order valence-electron chi connectivity index (χ1n) is 13.0. The summed E-state index contributed by atoms with van der Waals surface area (Å²) in [6, 6.07) is 15.5. The average Bonchev–Trinajstić information content (AvgIpc) is 3.49. The summed E-state index contributed by atoms with van der Waals surface area (Å²) in [4.78, 5) is 9.64. The molecule has 0 bridgehead atoms. The van der Waals surface area contributed by atoms with Crippen LogP contribution in [0.15, 0.2) is 59.6 Å². The molecule has 2 N–H and O–H groups in total. The van der Waals surface area contributed by atoms with E-state index in [2.05, 4.69) is 27.8 Å². The van der Waals surface area contributed by atoms with E-state index in [0.29, 0.717) is 23.9 Å². The van der Waals surface area contributed by atoms with E-state index >= 15 is 0 Å². The van der Waals surface area contributed by atoms with E-state index in [1.165, 1.54) is 11.1 Å². The molecule has 3 heterocycles. The zero-order valence-corrected chi connectivity index (χ0v) is 22.4. The lowest BCUT2D eigenvalue weighted by molar-refractivity contribution is 0.415. The quantitative estimate of drug-likeness (QED) is 0.371. The third-order valence-electron chi connectivity index (χ3n) is 7.46. The van der Waals surface area contributed by atoms with Crippen molar-refractivity contribution in [1.29, 1.82) is 0 Å². The van der Waals surface area contributed by atoms with Gasteiger partial charge in [0, 0.05) is 31.2 Å². The maximum atomic E-state index is 13.2. The van der Waals surface area contributed by atoms with E-state index < -0.39 is 10.0 Å². The highest BCUT2D eigenvalue weighted by Crippen LogP contribution is 2.33. The Balaban J connectivity index is 1.34. The summed E-state index contributed by atoms with van der Waals surface area (Å²) in [6.45, 7) is 4.95. The molecule has 0 unspecified atom stereocenters. The molecule has 1 fully saturated rings. The highest BCUT2D eigenvalue weighted by atomic mass is 32.2. The van der Waals surface area contributed by atoms with Crippen molar-refractivity contribution in [1.82, 2.24) is 19.6 Å². The van der Waals surface area contributed by atoms with E-state index in [4.69, 9.17) is 9.72 Å². The molecule has 1 saturated heterocycles. The van der Waals surface area contributed by atoms with Gasteiger partial charge in [0.05, 0.1) is 23.2 Å². The Morgan fingerprint density at radius 2 is 1.87 bits per heavy atom. The Morgan fingerprint density at radius 1 is 1.03 bits per heavy atom. The number of nitrogens with one attached hydrogen (secondary N) is 2. The number of fused-ring (bicyclic) bond motifs is 2. The lowest BCUT2D eigenvalue weighted by Gasteiger charge is -2.20. The molecule has 4 aromatic rings. The van der Waals surface area contributed by atoms with Gasteiger partial charge in [0.15, 0.2) is 0 Å². The van der Waals surface area contributed by atoms with Crippen molar-refractivity contribution in [3.05, 3.63) is 71.4 Å². The largest absolute Gasteiger partial charge is 0.495 e. The van der Waals surface area contributed by atoms with Crippen molar-refractivity contribution in [2.24, 2.45) is 0 Å². The first-order chi connectivity index (χ1) is 18.4. The summed E-state index contributed by atoms with van der Waals surface area (Å²) >= 11 is 0. The van der Waals surface area contributed by atoms with E-state index in [1.807, 2.05) is 31.2 Å². The zero-order valence-electron chi connectivity index (χ0n) is 21.6. The fourth-order valence-electron chi connectivity index (χ4n) is 5.30. The minimum Gasteiger partial charge on any atom is -0.495 e. The minimum absolute atomic E-state index is 0.333. The first-order valence-corrected chi connectivity index (χ1v) is 14.4. The van der Waals surface area contributed by atoms with Gasteiger partial charge in [-0.2, -0.15) is 4.31 Å². The monoisotopic (exact) mass is 529 g/mol. The van der Waals surface area contributed by atoms with Crippen molar-refractivity contribution in [3.8, 4) is 16.9 Å². The SMILES string of the molecule is COc1cc2c(cc1Nc1ncc3ccc(-c4cc(S(=O)(=O)N5CCCC5)ccc4C)cc3n1)CNCC2. The molecule has 0 saturated carbocycles. The predicted octanol–water partition coefficient (Wildman–Crippen LogP) is 4.79. The molecule has 0 atom stereocenters. The number of anilines is 2. The van der Waals surface area contributed by atoms with Crippen molar-refractivity contribution in [2.45, 2.75) is 37.6 Å². The van der Waals surface area contributed by atoms with Gasteiger partial charge in [-0.15, -0.1) is 0 Å². The molecule has 0 aliphatic carbocycles. The van der Waals surface area contributed by atoms with Crippen LogP contribution in [-0.4, -0.2) is 49.4 Å². The second kappa shape index (κ2) is 9.98. The minimum atomic E-state index is -3.50. The summed E-state index contributed by atoms with van der Waals surface area (Å²) < 4.78 is 33.6. The number of hydrogen-bond acceptors (Lipinski definition) is 7. The Labute approximate surface area is 223 Å². The van der Waals surface area contributed by atoms with Crippen LogP contribution in [0, 0.1) is 6.92 Å². The van der Waals surface area contributed by atoms with Gasteiger partial charge >= 0.3 is 0 Å². The van der Waals surface area contributed by atoms with Crippen LogP contribution in [0.5, 0.6) is 5.75 Å². The number of rotatable bonds is 6. The number of aromatic nitrogens is 2. The molecule has 2 aliphatic heterocycles. The van der Waals surface area contributed by atoms with Crippen LogP contribution in [0.25, 0.3) is 22.0 Å². The molecule has 0 spiro atoms. The van der Waals surface area contributed by atoms with Gasteiger partial charge in [0.25, 0.3) is 0 Å². The Kier molecular flexibility index (Phi) is 6.51. The number of benzene rings is 3. The van der Waals surface area contributed by atoms with Crippen LogP contribution in [0.1, 0.15) is 29.5 Å². The number of sulfonamides is 1. The van der Waals surface area contributed by atoms with Gasteiger partial charge in [-0.1, -0.05) is 18.2 Å². The zero-order chi connectivity index (χ0) is 26.3. The second-order valence-corrected chi connectivity index (χ2v) is 11.9.